The van der Waals surface area contributed by atoms with Gasteiger partial charge in [-0.25, -0.2) is 39.9 Å². The number of halogens is 2. The first-order valence-corrected chi connectivity index (χ1v) is 25.1. The minimum Gasteiger partial charge on any atom is -0.378 e. The molecule has 0 bridgehead atoms. The Balaban J connectivity index is 0.000000159. The van der Waals surface area contributed by atoms with Crippen molar-refractivity contribution in [3.63, 3.8) is 0 Å². The number of fused-ring (bicyclic) bond motifs is 1. The number of benzene rings is 4. The van der Waals surface area contributed by atoms with Crippen molar-refractivity contribution in [3.05, 3.63) is 182 Å². The fraction of sp³-hybridized carbons (Fsp3) is 0.232. The second kappa shape index (κ2) is 25.7. The van der Waals surface area contributed by atoms with Gasteiger partial charge in [-0.05, 0) is 116 Å². The van der Waals surface area contributed by atoms with Gasteiger partial charge in [0.05, 0.1) is 16.4 Å². The van der Waals surface area contributed by atoms with E-state index < -0.39 is 0 Å². The third-order valence-electron chi connectivity index (χ3n) is 11.0. The molecule has 9 rings (SSSR count). The number of rotatable bonds is 11. The topological polar surface area (TPSA) is 172 Å². The van der Waals surface area contributed by atoms with Crippen LogP contribution >= 0.6 is 34.5 Å². The number of nitrogens with one attached hydrogen (secondary N) is 4. The number of nitrogens with zero attached hydrogens (tertiary/aromatic N) is 9. The fourth-order valence-electron chi connectivity index (χ4n) is 6.82. The molecule has 0 spiro atoms. The number of carbonyl (C=O) groups excluding carboxylic acids is 1. The predicted octanol–water partition coefficient (Wildman–Crippen LogP) is 14.8. The molecule has 4 N–H and O–H groups in total. The maximum Gasteiger partial charge on any atom is 0.162 e. The minimum atomic E-state index is 0.138. The monoisotopic (exact) mass is 1030 g/mol. The molecule has 4 aromatic carbocycles. The second-order valence-electron chi connectivity index (χ2n) is 17.3. The SMILES string of the molecule is CCC(=O)c1cccc(Nc2nc(C)ncc2C)c1.Cc1ncc(C)c(Nc2cc(C)c(Cl)cc2Cl)n1.Cc1ncc(C)c(Nc2cccc(N(C)C)c2)n1.Cc1ncc(C)c(Nc2csc3ccccc23)n1. The van der Waals surface area contributed by atoms with E-state index in [9.17, 15) is 4.79 Å². The molecule has 0 aliphatic heterocycles. The van der Waals surface area contributed by atoms with Crippen molar-refractivity contribution in [2.24, 2.45) is 0 Å². The van der Waals surface area contributed by atoms with E-state index in [2.05, 4.69) is 108 Å². The standard InChI is InChI=1S/C15H17N3O.C14H18N4.C14H13N3S.C13H13Cl2N3/c1-4-14(19)12-6-5-7-13(8-12)18-15-10(2)9-16-11(3)17-15;1-10-9-15-11(2)16-14(10)17-12-6-5-7-13(8-12)18(3)4;1-9-7-15-10(2)16-14(9)17-12-8-18-13-6-4-3-5-11(12)13;1-7-4-12(11(15)5-10(7)14)18-13-8(2)6-16-9(3)17-13/h5-9H,4H2,1-3H3,(H,16,17,18);5-9H,1-4H3,(H,15,16,17);3-8H,1-2H3,(H,15,16,17);4-6H,1-3H3,(H,16,17,18). The van der Waals surface area contributed by atoms with Crippen LogP contribution in [0.1, 0.15) is 74.8 Å². The molecular weight excluding hydrogens is 974 g/mol. The van der Waals surface area contributed by atoms with Crippen LogP contribution in [-0.2, 0) is 0 Å². The van der Waals surface area contributed by atoms with Gasteiger partial charge in [0, 0.05) is 111 Å². The van der Waals surface area contributed by atoms with E-state index >= 15 is 0 Å². The Bertz CT molecular complexity index is 3340. The number of hydrogen-bond acceptors (Lipinski definition) is 15. The minimum absolute atomic E-state index is 0.138. The average molecular weight is 1040 g/mol. The van der Waals surface area contributed by atoms with Crippen molar-refractivity contribution < 1.29 is 4.79 Å². The Labute approximate surface area is 442 Å². The fourth-order valence-corrected chi connectivity index (χ4v) is 8.14. The van der Waals surface area contributed by atoms with Gasteiger partial charge >= 0.3 is 0 Å². The molecule has 5 heterocycles. The zero-order valence-corrected chi connectivity index (χ0v) is 45.6. The van der Waals surface area contributed by atoms with Crippen LogP contribution in [0.25, 0.3) is 10.1 Å². The molecule has 376 valence electrons. The van der Waals surface area contributed by atoms with Gasteiger partial charge in [0.2, 0.25) is 0 Å². The summed E-state index contributed by atoms with van der Waals surface area (Å²) in [6, 6.07) is 27.7. The maximum atomic E-state index is 11.7. The Morgan fingerprint density at radius 2 is 0.986 bits per heavy atom. The van der Waals surface area contributed by atoms with Crippen LogP contribution in [0, 0.1) is 62.3 Å². The number of thiophene rings is 1. The summed E-state index contributed by atoms with van der Waals surface area (Å²) >= 11 is 13.9. The van der Waals surface area contributed by atoms with Crippen LogP contribution in [0.3, 0.4) is 0 Å². The van der Waals surface area contributed by atoms with Crippen LogP contribution in [0.4, 0.5) is 51.7 Å². The molecule has 0 aliphatic carbocycles. The normalized spacial score (nSPS) is 10.4. The van der Waals surface area contributed by atoms with Gasteiger partial charge in [-0.1, -0.05) is 66.5 Å². The molecule has 0 radical (unpaired) electrons. The molecule has 0 unspecified atom stereocenters. The van der Waals surface area contributed by atoms with Crippen molar-refractivity contribution in [1.82, 2.24) is 39.9 Å². The molecule has 0 saturated heterocycles. The number of anilines is 9. The summed E-state index contributed by atoms with van der Waals surface area (Å²) in [6.07, 6.45) is 7.75. The highest BCUT2D eigenvalue weighted by Crippen LogP contribution is 2.33. The summed E-state index contributed by atoms with van der Waals surface area (Å²) < 4.78 is 1.28. The summed E-state index contributed by atoms with van der Waals surface area (Å²) in [5.74, 6) is 6.39. The molecular formula is C56H61Cl2N13OS. The number of hydrogen-bond donors (Lipinski definition) is 4. The molecule has 0 saturated carbocycles. The largest absolute Gasteiger partial charge is 0.378 e. The highest BCUT2D eigenvalue weighted by Gasteiger charge is 2.11. The van der Waals surface area contributed by atoms with Crippen molar-refractivity contribution >= 4 is 102 Å². The third kappa shape index (κ3) is 15.7. The first-order chi connectivity index (χ1) is 34.9. The lowest BCUT2D eigenvalue weighted by Crippen LogP contribution is -2.08. The van der Waals surface area contributed by atoms with E-state index in [1.165, 1.54) is 10.1 Å². The summed E-state index contributed by atoms with van der Waals surface area (Å²) in [4.78, 5) is 47.9. The molecule has 14 nitrogen and oxygen atoms in total. The number of Topliss-reactive ketones (excluding diaryl/α,β-unsaturated/α-hetero) is 1. The lowest BCUT2D eigenvalue weighted by Gasteiger charge is -2.15. The van der Waals surface area contributed by atoms with E-state index in [0.717, 1.165) is 96.7 Å². The smallest absolute Gasteiger partial charge is 0.162 e. The molecule has 73 heavy (non-hydrogen) atoms. The molecule has 0 aliphatic rings. The van der Waals surface area contributed by atoms with Crippen LogP contribution in [0.5, 0.6) is 0 Å². The molecule has 0 atom stereocenters. The first-order valence-electron chi connectivity index (χ1n) is 23.5. The number of aryl methyl sites for hydroxylation is 9. The number of ketones is 1. The third-order valence-corrected chi connectivity index (χ3v) is 12.7. The molecule has 0 fully saturated rings. The highest BCUT2D eigenvalue weighted by molar-refractivity contribution is 7.17. The molecule has 17 heteroatoms. The van der Waals surface area contributed by atoms with Crippen LogP contribution in [0.2, 0.25) is 10.0 Å². The van der Waals surface area contributed by atoms with Crippen LogP contribution in [0.15, 0.2) is 115 Å². The van der Waals surface area contributed by atoms with Gasteiger partial charge < -0.3 is 26.2 Å². The predicted molar refractivity (Wildman–Crippen MR) is 304 cm³/mol. The second-order valence-corrected chi connectivity index (χ2v) is 19.1. The van der Waals surface area contributed by atoms with Gasteiger partial charge in [-0.2, -0.15) is 0 Å². The summed E-state index contributed by atoms with van der Waals surface area (Å²) in [5.41, 5.74) is 10.7. The Morgan fingerprint density at radius 1 is 0.521 bits per heavy atom. The lowest BCUT2D eigenvalue weighted by atomic mass is 10.1. The summed E-state index contributed by atoms with van der Waals surface area (Å²) in [6.45, 7) is 19.2. The van der Waals surface area contributed by atoms with Gasteiger partial charge in [0.1, 0.15) is 46.6 Å². The van der Waals surface area contributed by atoms with E-state index in [1.807, 2.05) is 138 Å². The zero-order chi connectivity index (χ0) is 52.8. The Hall–Kier alpha value is -7.59. The quantitative estimate of drug-likeness (QED) is 0.0902. The Kier molecular flexibility index (Phi) is 19.3. The van der Waals surface area contributed by atoms with Gasteiger partial charge in [-0.3, -0.25) is 4.79 Å². The molecule has 9 aromatic rings. The van der Waals surface area contributed by atoms with Gasteiger partial charge in [0.15, 0.2) is 5.78 Å². The number of aromatic nitrogens is 8. The van der Waals surface area contributed by atoms with E-state index in [0.29, 0.717) is 28.1 Å². The summed E-state index contributed by atoms with van der Waals surface area (Å²) in [5, 5.41) is 17.7. The highest BCUT2D eigenvalue weighted by atomic mass is 35.5. The summed E-state index contributed by atoms with van der Waals surface area (Å²) in [7, 11) is 4.05. The molecule has 0 amide bonds. The first kappa shape index (κ1) is 54.7. The lowest BCUT2D eigenvalue weighted by molar-refractivity contribution is 0.0988. The Morgan fingerprint density at radius 3 is 1.49 bits per heavy atom. The number of carbonyl (C=O) groups is 1. The van der Waals surface area contributed by atoms with Crippen molar-refractivity contribution in [2.45, 2.75) is 75.7 Å². The molecule has 5 aromatic heterocycles. The maximum absolute atomic E-state index is 11.7. The van der Waals surface area contributed by atoms with E-state index in [1.54, 1.807) is 29.8 Å². The van der Waals surface area contributed by atoms with Crippen molar-refractivity contribution in [2.75, 3.05) is 40.3 Å². The van der Waals surface area contributed by atoms with E-state index in [4.69, 9.17) is 23.2 Å². The zero-order valence-electron chi connectivity index (χ0n) is 43.3. The average Bonchev–Trinajstić information content (AvgIpc) is 3.78. The van der Waals surface area contributed by atoms with Crippen molar-refractivity contribution in [1.29, 1.82) is 0 Å². The van der Waals surface area contributed by atoms with Gasteiger partial charge in [0.25, 0.3) is 0 Å². The van der Waals surface area contributed by atoms with Crippen LogP contribution in [-0.4, -0.2) is 59.8 Å². The van der Waals surface area contributed by atoms with Crippen LogP contribution < -0.4 is 26.2 Å². The van der Waals surface area contributed by atoms with Crippen molar-refractivity contribution in [3.8, 4) is 0 Å². The van der Waals surface area contributed by atoms with Gasteiger partial charge in [-0.15, -0.1) is 11.3 Å². The van der Waals surface area contributed by atoms with E-state index in [-0.39, 0.29) is 5.78 Å².